The van der Waals surface area contributed by atoms with Crippen LogP contribution in [0.3, 0.4) is 0 Å². The Labute approximate surface area is 107 Å². The molecule has 1 heterocycles. The number of amides is 1. The van der Waals surface area contributed by atoms with Crippen molar-refractivity contribution in [2.45, 2.75) is 19.4 Å². The molecule has 0 bridgehead atoms. The molecule has 0 saturated heterocycles. The van der Waals surface area contributed by atoms with E-state index in [0.717, 1.165) is 5.56 Å². The van der Waals surface area contributed by atoms with Gasteiger partial charge in [-0.25, -0.2) is 0 Å². The van der Waals surface area contributed by atoms with Gasteiger partial charge in [0.05, 0.1) is 5.54 Å². The molecule has 1 aromatic carbocycles. The predicted octanol–water partition coefficient (Wildman–Crippen LogP) is 2.75. The van der Waals surface area contributed by atoms with Crippen LogP contribution >= 0.6 is 0 Å². The van der Waals surface area contributed by atoms with Crippen LogP contribution in [0.4, 0.5) is 0 Å². The number of benzene rings is 1. The molecule has 1 aromatic heterocycles. The zero-order valence-corrected chi connectivity index (χ0v) is 10.6. The summed E-state index contributed by atoms with van der Waals surface area (Å²) in [5, 5.41) is 3.02. The molecule has 2 aromatic rings. The van der Waals surface area contributed by atoms with Crippen LogP contribution in [0.25, 0.3) is 0 Å². The molecule has 3 nitrogen and oxygen atoms in total. The van der Waals surface area contributed by atoms with Gasteiger partial charge in [-0.2, -0.15) is 0 Å². The van der Waals surface area contributed by atoms with E-state index in [0.29, 0.717) is 5.56 Å². The van der Waals surface area contributed by atoms with Crippen molar-refractivity contribution in [3.63, 3.8) is 0 Å². The zero-order chi connectivity index (χ0) is 13.0. The standard InChI is InChI=1S/C15H16N2O/c1-15(2,13-8-10-16-11-9-13)17-14(18)12-6-4-3-5-7-12/h3-11H,1-2H3,(H,17,18). The first-order valence-electron chi connectivity index (χ1n) is 5.88. The Morgan fingerprint density at radius 1 is 1.06 bits per heavy atom. The Morgan fingerprint density at radius 2 is 1.67 bits per heavy atom. The van der Waals surface area contributed by atoms with Crippen molar-refractivity contribution >= 4 is 5.91 Å². The largest absolute Gasteiger partial charge is 0.343 e. The fourth-order valence-corrected chi connectivity index (χ4v) is 1.79. The number of rotatable bonds is 3. The van der Waals surface area contributed by atoms with E-state index in [9.17, 15) is 4.79 Å². The maximum atomic E-state index is 12.1. The van der Waals surface area contributed by atoms with Gasteiger partial charge in [0.25, 0.3) is 5.91 Å². The average molecular weight is 240 g/mol. The molecule has 92 valence electrons. The smallest absolute Gasteiger partial charge is 0.251 e. The Bertz CT molecular complexity index is 521. The molecular weight excluding hydrogens is 224 g/mol. The van der Waals surface area contributed by atoms with Gasteiger partial charge in [0.15, 0.2) is 0 Å². The van der Waals surface area contributed by atoms with Crippen molar-refractivity contribution in [1.82, 2.24) is 10.3 Å². The quantitative estimate of drug-likeness (QED) is 0.896. The highest BCUT2D eigenvalue weighted by Gasteiger charge is 2.23. The number of nitrogens with one attached hydrogen (secondary N) is 1. The molecule has 0 saturated carbocycles. The van der Waals surface area contributed by atoms with Crippen molar-refractivity contribution in [2.24, 2.45) is 0 Å². The Morgan fingerprint density at radius 3 is 2.28 bits per heavy atom. The van der Waals surface area contributed by atoms with Crippen molar-refractivity contribution < 1.29 is 4.79 Å². The fourth-order valence-electron chi connectivity index (χ4n) is 1.79. The number of hydrogen-bond donors (Lipinski definition) is 1. The fraction of sp³-hybridized carbons (Fsp3) is 0.200. The van der Waals surface area contributed by atoms with Gasteiger partial charge in [0.2, 0.25) is 0 Å². The third kappa shape index (κ3) is 2.74. The highest BCUT2D eigenvalue weighted by Crippen LogP contribution is 2.19. The highest BCUT2D eigenvalue weighted by molar-refractivity contribution is 5.94. The van der Waals surface area contributed by atoms with Gasteiger partial charge >= 0.3 is 0 Å². The number of pyridine rings is 1. The molecule has 0 aliphatic rings. The van der Waals surface area contributed by atoms with Crippen LogP contribution in [-0.2, 0) is 5.54 Å². The summed E-state index contributed by atoms with van der Waals surface area (Å²) in [5.41, 5.74) is 1.27. The van der Waals surface area contributed by atoms with Gasteiger partial charge in [-0.1, -0.05) is 18.2 Å². The lowest BCUT2D eigenvalue weighted by Gasteiger charge is -2.26. The third-order valence-electron chi connectivity index (χ3n) is 2.86. The van der Waals surface area contributed by atoms with Gasteiger partial charge in [-0.3, -0.25) is 9.78 Å². The number of hydrogen-bond acceptors (Lipinski definition) is 2. The molecule has 2 rings (SSSR count). The van der Waals surface area contributed by atoms with Crippen LogP contribution in [0.5, 0.6) is 0 Å². The van der Waals surface area contributed by atoms with Gasteiger partial charge in [0.1, 0.15) is 0 Å². The Kier molecular flexibility index (Phi) is 3.42. The summed E-state index contributed by atoms with van der Waals surface area (Å²) in [4.78, 5) is 16.1. The van der Waals surface area contributed by atoms with E-state index in [-0.39, 0.29) is 5.91 Å². The molecule has 0 radical (unpaired) electrons. The molecule has 0 aliphatic heterocycles. The summed E-state index contributed by atoms with van der Waals surface area (Å²) in [6, 6.07) is 13.0. The van der Waals surface area contributed by atoms with Crippen LogP contribution in [0.15, 0.2) is 54.9 Å². The second kappa shape index (κ2) is 5.00. The summed E-state index contributed by atoms with van der Waals surface area (Å²) < 4.78 is 0. The van der Waals surface area contributed by atoms with Crippen molar-refractivity contribution in [3.05, 3.63) is 66.0 Å². The van der Waals surface area contributed by atoms with E-state index in [1.807, 2.05) is 44.2 Å². The molecular formula is C15H16N2O. The molecule has 3 heteroatoms. The van der Waals surface area contributed by atoms with E-state index in [2.05, 4.69) is 10.3 Å². The zero-order valence-electron chi connectivity index (χ0n) is 10.6. The first-order chi connectivity index (χ1) is 8.59. The summed E-state index contributed by atoms with van der Waals surface area (Å²) in [5.74, 6) is -0.0718. The maximum absolute atomic E-state index is 12.1. The van der Waals surface area contributed by atoms with E-state index in [1.54, 1.807) is 24.5 Å². The highest BCUT2D eigenvalue weighted by atomic mass is 16.1. The molecule has 18 heavy (non-hydrogen) atoms. The topological polar surface area (TPSA) is 42.0 Å². The second-order valence-electron chi connectivity index (χ2n) is 4.68. The predicted molar refractivity (Wildman–Crippen MR) is 71.2 cm³/mol. The summed E-state index contributed by atoms with van der Waals surface area (Å²) >= 11 is 0. The van der Waals surface area contributed by atoms with E-state index < -0.39 is 5.54 Å². The first-order valence-corrected chi connectivity index (χ1v) is 5.88. The van der Waals surface area contributed by atoms with Gasteiger partial charge in [-0.15, -0.1) is 0 Å². The number of carbonyl (C=O) groups excluding carboxylic acids is 1. The van der Waals surface area contributed by atoms with E-state index in [1.165, 1.54) is 0 Å². The monoisotopic (exact) mass is 240 g/mol. The molecule has 1 N–H and O–H groups in total. The molecule has 0 fully saturated rings. The third-order valence-corrected chi connectivity index (χ3v) is 2.86. The number of aromatic nitrogens is 1. The van der Waals surface area contributed by atoms with Gasteiger partial charge < -0.3 is 5.32 Å². The van der Waals surface area contributed by atoms with Crippen molar-refractivity contribution in [2.75, 3.05) is 0 Å². The minimum Gasteiger partial charge on any atom is -0.343 e. The van der Waals surface area contributed by atoms with Gasteiger partial charge in [0, 0.05) is 18.0 Å². The van der Waals surface area contributed by atoms with Crippen LogP contribution in [0.1, 0.15) is 29.8 Å². The SMILES string of the molecule is CC(C)(NC(=O)c1ccccc1)c1ccncc1. The number of carbonyl (C=O) groups is 1. The van der Waals surface area contributed by atoms with Gasteiger partial charge in [-0.05, 0) is 43.7 Å². The normalized spacial score (nSPS) is 11.0. The maximum Gasteiger partial charge on any atom is 0.251 e. The second-order valence-corrected chi connectivity index (χ2v) is 4.68. The average Bonchev–Trinajstić information content (AvgIpc) is 2.40. The molecule has 0 unspecified atom stereocenters. The van der Waals surface area contributed by atoms with Crippen LogP contribution in [-0.4, -0.2) is 10.9 Å². The van der Waals surface area contributed by atoms with Crippen LogP contribution in [0.2, 0.25) is 0 Å². The van der Waals surface area contributed by atoms with Crippen LogP contribution < -0.4 is 5.32 Å². The minimum absolute atomic E-state index is 0.0718. The number of nitrogens with zero attached hydrogens (tertiary/aromatic N) is 1. The lowest BCUT2D eigenvalue weighted by molar-refractivity contribution is 0.0912. The molecule has 0 aliphatic carbocycles. The van der Waals surface area contributed by atoms with Crippen molar-refractivity contribution in [3.8, 4) is 0 Å². The molecule has 1 amide bonds. The summed E-state index contributed by atoms with van der Waals surface area (Å²) in [6.07, 6.45) is 3.46. The molecule has 0 atom stereocenters. The van der Waals surface area contributed by atoms with Crippen molar-refractivity contribution in [1.29, 1.82) is 0 Å². The van der Waals surface area contributed by atoms with Crippen LogP contribution in [0, 0.1) is 0 Å². The summed E-state index contributed by atoms with van der Waals surface area (Å²) in [7, 11) is 0. The first kappa shape index (κ1) is 12.3. The Hall–Kier alpha value is -2.16. The van der Waals surface area contributed by atoms with E-state index >= 15 is 0 Å². The minimum atomic E-state index is -0.421. The lowest BCUT2D eigenvalue weighted by atomic mass is 9.95. The molecule has 0 spiro atoms. The Balaban J connectivity index is 2.17. The lowest BCUT2D eigenvalue weighted by Crippen LogP contribution is -2.40. The van der Waals surface area contributed by atoms with E-state index in [4.69, 9.17) is 0 Å². The summed E-state index contributed by atoms with van der Waals surface area (Å²) in [6.45, 7) is 3.95.